The van der Waals surface area contributed by atoms with Gasteiger partial charge in [0.2, 0.25) is 5.91 Å². The number of methoxy groups -OCH3 is 1. The first-order valence-corrected chi connectivity index (χ1v) is 10.8. The largest absolute Gasteiger partial charge is 0.497 e. The molecule has 142 valence electrons. The van der Waals surface area contributed by atoms with Crippen LogP contribution in [0.5, 0.6) is 5.75 Å². The van der Waals surface area contributed by atoms with Crippen LogP contribution in [0, 0.1) is 11.8 Å². The van der Waals surface area contributed by atoms with Crippen molar-refractivity contribution in [3.05, 3.63) is 29.8 Å². The Balaban J connectivity index is 1.38. The van der Waals surface area contributed by atoms with Crippen LogP contribution in [0.25, 0.3) is 0 Å². The molecule has 2 bridgehead atoms. The standard InChI is InChI=1S/C20H28N2O3S/c1-24-15-5-3-14(4-6-15)10-22-11-17-16(9-21-19(23)12-26-2)18-7-8-20(17,13-22)25-18/h3-6,16-18H,7-13H2,1-2H3,(H,21,23)/t16-,17+,18+,20+/m0/s1. The summed E-state index contributed by atoms with van der Waals surface area (Å²) in [6, 6.07) is 8.33. The van der Waals surface area contributed by atoms with Crippen molar-refractivity contribution in [3.63, 3.8) is 0 Å². The topological polar surface area (TPSA) is 50.8 Å². The molecule has 5 nitrogen and oxygen atoms in total. The van der Waals surface area contributed by atoms with Crippen molar-refractivity contribution in [1.82, 2.24) is 10.2 Å². The molecule has 1 spiro atoms. The molecule has 0 aliphatic carbocycles. The zero-order chi connectivity index (χ0) is 18.1. The SMILES string of the molecule is COc1ccc(CN2C[C@@H]3[C@H](CNC(=O)CSC)[C@H]4CC[C@]3(C2)O4)cc1. The number of likely N-dealkylation sites (tertiary alicyclic amines) is 1. The molecular weight excluding hydrogens is 348 g/mol. The fourth-order valence-electron chi connectivity index (χ4n) is 5.08. The van der Waals surface area contributed by atoms with E-state index in [-0.39, 0.29) is 11.5 Å². The minimum atomic E-state index is 0.0199. The molecular formula is C20H28N2O3S. The molecule has 0 radical (unpaired) electrons. The molecule has 3 aliphatic rings. The number of carbonyl (C=O) groups is 1. The lowest BCUT2D eigenvalue weighted by Gasteiger charge is -2.29. The molecule has 0 aromatic heterocycles. The number of nitrogens with one attached hydrogen (secondary N) is 1. The summed E-state index contributed by atoms with van der Waals surface area (Å²) in [4.78, 5) is 14.4. The van der Waals surface area contributed by atoms with E-state index in [1.807, 2.05) is 18.4 Å². The van der Waals surface area contributed by atoms with Crippen molar-refractivity contribution in [2.45, 2.75) is 31.1 Å². The van der Waals surface area contributed by atoms with Gasteiger partial charge in [-0.05, 0) is 36.8 Å². The fraction of sp³-hybridized carbons (Fsp3) is 0.650. The molecule has 4 rings (SSSR count). The van der Waals surface area contributed by atoms with E-state index >= 15 is 0 Å². The first-order valence-electron chi connectivity index (χ1n) is 9.42. The van der Waals surface area contributed by atoms with Crippen LogP contribution in [0.1, 0.15) is 18.4 Å². The van der Waals surface area contributed by atoms with Crippen molar-refractivity contribution in [2.75, 3.05) is 38.8 Å². The van der Waals surface area contributed by atoms with Gasteiger partial charge in [-0.3, -0.25) is 9.69 Å². The van der Waals surface area contributed by atoms with Crippen molar-refractivity contribution >= 4 is 17.7 Å². The lowest BCUT2D eigenvalue weighted by molar-refractivity contribution is -0.118. The summed E-state index contributed by atoms with van der Waals surface area (Å²) >= 11 is 1.57. The maximum atomic E-state index is 11.9. The molecule has 3 saturated heterocycles. The first kappa shape index (κ1) is 18.1. The molecule has 1 N–H and O–H groups in total. The van der Waals surface area contributed by atoms with E-state index in [9.17, 15) is 4.79 Å². The summed E-state index contributed by atoms with van der Waals surface area (Å²) in [6.45, 7) is 3.77. The molecule has 3 aliphatic heterocycles. The summed E-state index contributed by atoms with van der Waals surface area (Å²) in [6.07, 6.45) is 4.59. The van der Waals surface area contributed by atoms with Crippen LogP contribution in [0.4, 0.5) is 0 Å². The number of amides is 1. The highest BCUT2D eigenvalue weighted by molar-refractivity contribution is 7.99. The van der Waals surface area contributed by atoms with Crippen LogP contribution >= 0.6 is 11.8 Å². The van der Waals surface area contributed by atoms with Gasteiger partial charge in [0, 0.05) is 38.0 Å². The van der Waals surface area contributed by atoms with Gasteiger partial charge in [0.25, 0.3) is 0 Å². The molecule has 1 aromatic carbocycles. The zero-order valence-electron chi connectivity index (χ0n) is 15.6. The Labute approximate surface area is 159 Å². The maximum absolute atomic E-state index is 11.9. The van der Waals surface area contributed by atoms with Crippen molar-refractivity contribution in [1.29, 1.82) is 0 Å². The van der Waals surface area contributed by atoms with Gasteiger partial charge in [-0.15, -0.1) is 0 Å². The number of rotatable bonds is 7. The Kier molecular flexibility index (Phi) is 5.17. The van der Waals surface area contributed by atoms with E-state index in [0.29, 0.717) is 23.7 Å². The van der Waals surface area contributed by atoms with Crippen LogP contribution in [-0.4, -0.2) is 61.3 Å². The third-order valence-corrected chi connectivity index (χ3v) is 6.78. The molecule has 1 aromatic rings. The number of fused-ring (bicyclic) bond motifs is 1. The summed E-state index contributed by atoms with van der Waals surface area (Å²) in [5, 5.41) is 3.12. The second-order valence-electron chi connectivity index (χ2n) is 7.78. The van der Waals surface area contributed by atoms with Gasteiger partial charge in [0.15, 0.2) is 0 Å². The zero-order valence-corrected chi connectivity index (χ0v) is 16.4. The van der Waals surface area contributed by atoms with Crippen LogP contribution in [0.3, 0.4) is 0 Å². The van der Waals surface area contributed by atoms with E-state index in [1.54, 1.807) is 18.9 Å². The third-order valence-electron chi connectivity index (χ3n) is 6.23. The average Bonchev–Trinajstić information content (AvgIpc) is 3.29. The highest BCUT2D eigenvalue weighted by Crippen LogP contribution is 2.54. The van der Waals surface area contributed by atoms with E-state index in [0.717, 1.165) is 44.8 Å². The van der Waals surface area contributed by atoms with Gasteiger partial charge in [-0.25, -0.2) is 0 Å². The Hall–Kier alpha value is -1.24. The number of nitrogens with zero attached hydrogens (tertiary/aromatic N) is 1. The Morgan fingerprint density at radius 3 is 2.96 bits per heavy atom. The maximum Gasteiger partial charge on any atom is 0.229 e. The van der Waals surface area contributed by atoms with Gasteiger partial charge in [0.1, 0.15) is 5.75 Å². The number of hydrogen-bond donors (Lipinski definition) is 1. The molecule has 4 atom stereocenters. The first-order chi connectivity index (χ1) is 12.6. The summed E-state index contributed by atoms with van der Waals surface area (Å²) in [7, 11) is 1.70. The Bertz CT molecular complexity index is 653. The second kappa shape index (κ2) is 7.41. The molecule has 6 heteroatoms. The lowest BCUT2D eigenvalue weighted by atomic mass is 9.73. The predicted octanol–water partition coefficient (Wildman–Crippen LogP) is 2.15. The molecule has 0 saturated carbocycles. The van der Waals surface area contributed by atoms with Crippen LogP contribution in [0.2, 0.25) is 0 Å². The number of hydrogen-bond acceptors (Lipinski definition) is 5. The van der Waals surface area contributed by atoms with E-state index < -0.39 is 0 Å². The number of thioether (sulfide) groups is 1. The second-order valence-corrected chi connectivity index (χ2v) is 8.65. The van der Waals surface area contributed by atoms with E-state index in [4.69, 9.17) is 9.47 Å². The van der Waals surface area contributed by atoms with Crippen molar-refractivity contribution < 1.29 is 14.3 Å². The summed E-state index contributed by atoms with van der Waals surface area (Å²) in [5.41, 5.74) is 1.33. The average molecular weight is 377 g/mol. The molecule has 3 fully saturated rings. The van der Waals surface area contributed by atoms with E-state index in [2.05, 4.69) is 22.3 Å². The number of ether oxygens (including phenoxy) is 2. The monoisotopic (exact) mass is 376 g/mol. The molecule has 3 heterocycles. The van der Waals surface area contributed by atoms with Crippen molar-refractivity contribution in [2.24, 2.45) is 11.8 Å². The highest BCUT2D eigenvalue weighted by Gasteiger charge is 2.62. The van der Waals surface area contributed by atoms with Gasteiger partial charge in [-0.2, -0.15) is 11.8 Å². The Morgan fingerprint density at radius 1 is 1.42 bits per heavy atom. The quantitative estimate of drug-likeness (QED) is 0.790. The summed E-state index contributed by atoms with van der Waals surface area (Å²) < 4.78 is 11.7. The fourth-order valence-corrected chi connectivity index (χ4v) is 5.45. The van der Waals surface area contributed by atoms with Crippen LogP contribution < -0.4 is 10.1 Å². The predicted molar refractivity (Wildman–Crippen MR) is 103 cm³/mol. The van der Waals surface area contributed by atoms with Gasteiger partial charge in [0.05, 0.1) is 24.6 Å². The minimum Gasteiger partial charge on any atom is -0.497 e. The van der Waals surface area contributed by atoms with Gasteiger partial charge in [-0.1, -0.05) is 12.1 Å². The molecule has 1 amide bonds. The smallest absolute Gasteiger partial charge is 0.229 e. The lowest BCUT2D eigenvalue weighted by Crippen LogP contribution is -2.42. The van der Waals surface area contributed by atoms with Crippen LogP contribution in [0.15, 0.2) is 24.3 Å². The summed E-state index contributed by atoms with van der Waals surface area (Å²) in [5.74, 6) is 2.57. The van der Waals surface area contributed by atoms with E-state index in [1.165, 1.54) is 5.56 Å². The normalized spacial score (nSPS) is 32.6. The number of carbonyl (C=O) groups excluding carboxylic acids is 1. The number of benzene rings is 1. The molecule has 0 unspecified atom stereocenters. The van der Waals surface area contributed by atoms with Crippen LogP contribution in [-0.2, 0) is 16.1 Å². The van der Waals surface area contributed by atoms with Gasteiger partial charge < -0.3 is 14.8 Å². The third kappa shape index (κ3) is 3.35. The minimum absolute atomic E-state index is 0.0199. The molecule has 26 heavy (non-hydrogen) atoms. The Morgan fingerprint density at radius 2 is 2.23 bits per heavy atom. The highest BCUT2D eigenvalue weighted by atomic mass is 32.2. The van der Waals surface area contributed by atoms with Crippen molar-refractivity contribution in [3.8, 4) is 5.75 Å². The van der Waals surface area contributed by atoms with Gasteiger partial charge >= 0.3 is 0 Å².